The summed E-state index contributed by atoms with van der Waals surface area (Å²) in [4.78, 5) is 7.36. The summed E-state index contributed by atoms with van der Waals surface area (Å²) in [5, 5.41) is 3.61. The van der Waals surface area contributed by atoms with Crippen molar-refractivity contribution < 1.29 is 0 Å². The van der Waals surface area contributed by atoms with Crippen molar-refractivity contribution in [2.45, 2.75) is 45.7 Å². The van der Waals surface area contributed by atoms with Crippen LogP contribution in [0.2, 0.25) is 0 Å². The van der Waals surface area contributed by atoms with E-state index in [2.05, 4.69) is 29.1 Å². The van der Waals surface area contributed by atoms with Crippen LogP contribution in [0.3, 0.4) is 0 Å². The van der Waals surface area contributed by atoms with Gasteiger partial charge in [0.25, 0.3) is 0 Å². The molecule has 0 amide bonds. The monoisotopic (exact) mass is 207 g/mol. The lowest BCUT2D eigenvalue weighted by molar-refractivity contribution is 0.205. The third-order valence-electron chi connectivity index (χ3n) is 3.79. The Hall–Kier alpha value is -0.830. The lowest BCUT2D eigenvalue weighted by atomic mass is 9.78. The van der Waals surface area contributed by atoms with Crippen LogP contribution in [0.1, 0.15) is 38.9 Å². The third kappa shape index (κ3) is 2.59. The van der Waals surface area contributed by atoms with E-state index in [9.17, 15) is 0 Å². The fraction of sp³-hybridized carbons (Fsp3) is 0.750. The number of hydrogen-bond donors (Lipinski definition) is 2. The normalized spacial score (nSPS) is 31.7. The molecule has 15 heavy (non-hydrogen) atoms. The molecule has 3 nitrogen and oxygen atoms in total. The van der Waals surface area contributed by atoms with E-state index in [0.29, 0.717) is 6.04 Å². The van der Waals surface area contributed by atoms with Crippen LogP contribution in [0.5, 0.6) is 0 Å². The van der Waals surface area contributed by atoms with E-state index in [1.807, 2.05) is 12.4 Å². The standard InChI is InChI=1S/C12H21N3/c1-9-4-3-5-11(10(9)2)15-8-12-13-6-7-14-12/h6-7,9-11,15H,3-5,8H2,1-2H3,(H,13,14)/t9-,10-,11+/m1/s1. The number of H-pyrrole nitrogens is 1. The number of imidazole rings is 1. The van der Waals surface area contributed by atoms with Crippen molar-refractivity contribution in [1.82, 2.24) is 15.3 Å². The molecule has 2 N–H and O–H groups in total. The highest BCUT2D eigenvalue weighted by Gasteiger charge is 2.26. The van der Waals surface area contributed by atoms with Crippen molar-refractivity contribution in [3.05, 3.63) is 18.2 Å². The van der Waals surface area contributed by atoms with Crippen LogP contribution in [-0.2, 0) is 6.54 Å². The summed E-state index contributed by atoms with van der Waals surface area (Å²) in [7, 11) is 0. The second-order valence-electron chi connectivity index (χ2n) is 4.79. The van der Waals surface area contributed by atoms with Crippen molar-refractivity contribution in [3.63, 3.8) is 0 Å². The van der Waals surface area contributed by atoms with Gasteiger partial charge in [0.2, 0.25) is 0 Å². The second-order valence-corrected chi connectivity index (χ2v) is 4.79. The Morgan fingerprint density at radius 1 is 1.47 bits per heavy atom. The van der Waals surface area contributed by atoms with E-state index in [1.165, 1.54) is 19.3 Å². The molecule has 3 atom stereocenters. The molecule has 1 fully saturated rings. The van der Waals surface area contributed by atoms with Gasteiger partial charge in [-0.3, -0.25) is 0 Å². The minimum atomic E-state index is 0.666. The molecule has 0 aliphatic heterocycles. The molecule has 0 aromatic carbocycles. The first-order valence-corrected chi connectivity index (χ1v) is 5.99. The maximum absolute atomic E-state index is 4.23. The molecule has 1 saturated carbocycles. The Labute approximate surface area is 91.7 Å². The van der Waals surface area contributed by atoms with Gasteiger partial charge >= 0.3 is 0 Å². The molecular formula is C12H21N3. The zero-order chi connectivity index (χ0) is 10.7. The first-order valence-electron chi connectivity index (χ1n) is 5.99. The number of hydrogen-bond acceptors (Lipinski definition) is 2. The van der Waals surface area contributed by atoms with Crippen LogP contribution < -0.4 is 5.32 Å². The minimum absolute atomic E-state index is 0.666. The predicted octanol–water partition coefficient (Wildman–Crippen LogP) is 2.32. The van der Waals surface area contributed by atoms with Crippen LogP contribution in [0, 0.1) is 11.8 Å². The zero-order valence-corrected chi connectivity index (χ0v) is 9.66. The van der Waals surface area contributed by atoms with Crippen molar-refractivity contribution in [3.8, 4) is 0 Å². The Kier molecular flexibility index (Phi) is 3.41. The summed E-state index contributed by atoms with van der Waals surface area (Å²) in [5.41, 5.74) is 0. The van der Waals surface area contributed by atoms with E-state index in [-0.39, 0.29) is 0 Å². The molecule has 3 heteroatoms. The quantitative estimate of drug-likeness (QED) is 0.798. The largest absolute Gasteiger partial charge is 0.348 e. The van der Waals surface area contributed by atoms with Gasteiger partial charge < -0.3 is 10.3 Å². The van der Waals surface area contributed by atoms with Crippen LogP contribution in [0.25, 0.3) is 0 Å². The summed E-state index contributed by atoms with van der Waals surface area (Å²) >= 11 is 0. The van der Waals surface area contributed by atoms with Gasteiger partial charge in [-0.2, -0.15) is 0 Å². The zero-order valence-electron chi connectivity index (χ0n) is 9.66. The molecule has 0 bridgehead atoms. The van der Waals surface area contributed by atoms with Gasteiger partial charge in [-0.25, -0.2) is 4.98 Å². The summed E-state index contributed by atoms with van der Waals surface area (Å²) in [6.07, 6.45) is 7.75. The Bertz CT molecular complexity index is 281. The number of rotatable bonds is 3. The third-order valence-corrected chi connectivity index (χ3v) is 3.79. The Balaban J connectivity index is 1.83. The highest BCUT2D eigenvalue weighted by molar-refractivity contribution is 4.89. The van der Waals surface area contributed by atoms with Crippen molar-refractivity contribution in [2.24, 2.45) is 11.8 Å². The van der Waals surface area contributed by atoms with Gasteiger partial charge in [0, 0.05) is 18.4 Å². The van der Waals surface area contributed by atoms with E-state index in [0.717, 1.165) is 24.2 Å². The molecule has 1 aromatic heterocycles. The average Bonchev–Trinajstić information content (AvgIpc) is 2.73. The maximum atomic E-state index is 4.23. The number of nitrogens with one attached hydrogen (secondary N) is 2. The van der Waals surface area contributed by atoms with Crippen LogP contribution in [-0.4, -0.2) is 16.0 Å². The molecule has 1 aromatic rings. The number of aromatic amines is 1. The predicted molar refractivity (Wildman–Crippen MR) is 61.4 cm³/mol. The summed E-state index contributed by atoms with van der Waals surface area (Å²) in [5.74, 6) is 2.68. The SMILES string of the molecule is C[C@@H]1[C@H](C)CCC[C@@H]1NCc1ncc[nH]1. The van der Waals surface area contributed by atoms with Crippen molar-refractivity contribution in [1.29, 1.82) is 0 Å². The molecule has 0 spiro atoms. The molecular weight excluding hydrogens is 186 g/mol. The van der Waals surface area contributed by atoms with Gasteiger partial charge in [0.05, 0.1) is 6.54 Å². The highest BCUT2D eigenvalue weighted by Crippen LogP contribution is 2.29. The molecule has 1 aliphatic rings. The van der Waals surface area contributed by atoms with Crippen LogP contribution >= 0.6 is 0 Å². The van der Waals surface area contributed by atoms with Crippen molar-refractivity contribution >= 4 is 0 Å². The molecule has 0 radical (unpaired) electrons. The van der Waals surface area contributed by atoms with E-state index in [4.69, 9.17) is 0 Å². The van der Waals surface area contributed by atoms with Crippen LogP contribution in [0.4, 0.5) is 0 Å². The van der Waals surface area contributed by atoms with Crippen LogP contribution in [0.15, 0.2) is 12.4 Å². The summed E-state index contributed by atoms with van der Waals surface area (Å²) < 4.78 is 0. The number of aromatic nitrogens is 2. The molecule has 1 heterocycles. The van der Waals surface area contributed by atoms with E-state index in [1.54, 1.807) is 0 Å². The lowest BCUT2D eigenvalue weighted by Gasteiger charge is -2.34. The topological polar surface area (TPSA) is 40.7 Å². The fourth-order valence-electron chi connectivity index (χ4n) is 2.49. The van der Waals surface area contributed by atoms with Gasteiger partial charge in [-0.1, -0.05) is 26.7 Å². The minimum Gasteiger partial charge on any atom is -0.348 e. The van der Waals surface area contributed by atoms with Gasteiger partial charge in [-0.05, 0) is 18.3 Å². The van der Waals surface area contributed by atoms with E-state index >= 15 is 0 Å². The van der Waals surface area contributed by atoms with Crippen molar-refractivity contribution in [2.75, 3.05) is 0 Å². The van der Waals surface area contributed by atoms with Gasteiger partial charge in [0.1, 0.15) is 5.82 Å². The highest BCUT2D eigenvalue weighted by atomic mass is 15.0. The summed E-state index contributed by atoms with van der Waals surface area (Å²) in [6, 6.07) is 0.666. The summed E-state index contributed by atoms with van der Waals surface area (Å²) in [6.45, 7) is 5.60. The maximum Gasteiger partial charge on any atom is 0.120 e. The molecule has 0 saturated heterocycles. The lowest BCUT2D eigenvalue weighted by Crippen LogP contribution is -2.40. The van der Waals surface area contributed by atoms with E-state index < -0.39 is 0 Å². The van der Waals surface area contributed by atoms with Gasteiger partial charge in [-0.15, -0.1) is 0 Å². The molecule has 2 rings (SSSR count). The Morgan fingerprint density at radius 2 is 2.33 bits per heavy atom. The Morgan fingerprint density at radius 3 is 3.07 bits per heavy atom. The smallest absolute Gasteiger partial charge is 0.120 e. The molecule has 0 unspecified atom stereocenters. The first kappa shape index (κ1) is 10.7. The number of nitrogens with zero attached hydrogens (tertiary/aromatic N) is 1. The molecule has 84 valence electrons. The van der Waals surface area contributed by atoms with Gasteiger partial charge in [0.15, 0.2) is 0 Å². The molecule has 1 aliphatic carbocycles. The second kappa shape index (κ2) is 4.79. The first-order chi connectivity index (χ1) is 7.27. The fourth-order valence-corrected chi connectivity index (χ4v) is 2.49. The average molecular weight is 207 g/mol.